The smallest absolute Gasteiger partial charge is 0.310 e. The molecule has 0 saturated carbocycles. The summed E-state index contributed by atoms with van der Waals surface area (Å²) in [5, 5.41) is 13.5. The number of nitro benzene ring substituents is 1. The normalized spacial score (nSPS) is 19.8. The van der Waals surface area contributed by atoms with Crippen LogP contribution in [0.15, 0.2) is 18.2 Å². The van der Waals surface area contributed by atoms with Gasteiger partial charge in [0, 0.05) is 18.2 Å². The van der Waals surface area contributed by atoms with Crippen LogP contribution in [0.5, 0.6) is 0 Å². The Balaban J connectivity index is 2.45. The zero-order valence-electron chi connectivity index (χ0n) is 8.62. The van der Waals surface area contributed by atoms with Crippen molar-refractivity contribution in [3.05, 3.63) is 39.4 Å². The van der Waals surface area contributed by atoms with Crippen molar-refractivity contribution >= 4 is 5.69 Å². The van der Waals surface area contributed by atoms with Crippen molar-refractivity contribution in [3.63, 3.8) is 0 Å². The molecule has 1 saturated heterocycles. The molecule has 1 atom stereocenters. The number of alkyl halides is 3. The Morgan fingerprint density at radius 2 is 2.00 bits per heavy atom. The van der Waals surface area contributed by atoms with E-state index < -0.39 is 22.4 Å². The molecular weight excluding hydrogens is 237 g/mol. The number of benzene rings is 1. The largest absolute Gasteiger partial charge is 0.416 e. The van der Waals surface area contributed by atoms with E-state index in [9.17, 15) is 23.3 Å². The molecule has 92 valence electrons. The molecule has 1 aromatic rings. The summed E-state index contributed by atoms with van der Waals surface area (Å²) in [6, 6.07) is 2.49. The molecule has 4 nitrogen and oxygen atoms in total. The van der Waals surface area contributed by atoms with E-state index >= 15 is 0 Å². The van der Waals surface area contributed by atoms with Crippen LogP contribution in [0.2, 0.25) is 0 Å². The van der Waals surface area contributed by atoms with E-state index in [0.717, 1.165) is 6.07 Å². The Morgan fingerprint density at radius 1 is 1.35 bits per heavy atom. The predicted molar refractivity (Wildman–Crippen MR) is 53.5 cm³/mol. The lowest BCUT2D eigenvalue weighted by Gasteiger charge is -2.28. The average Bonchev–Trinajstić information content (AvgIpc) is 2.13. The first-order valence-corrected chi connectivity index (χ1v) is 4.98. The molecule has 0 spiro atoms. The highest BCUT2D eigenvalue weighted by atomic mass is 19.4. The maximum atomic E-state index is 12.6. The Morgan fingerprint density at radius 3 is 2.41 bits per heavy atom. The van der Waals surface area contributed by atoms with Gasteiger partial charge in [-0.25, -0.2) is 0 Å². The highest BCUT2D eigenvalue weighted by molar-refractivity contribution is 5.42. The molecule has 2 rings (SSSR count). The molecule has 1 aliphatic rings. The van der Waals surface area contributed by atoms with Gasteiger partial charge in [0.15, 0.2) is 0 Å². The number of nitrogens with one attached hydrogen (secondary N) is 1. The SMILES string of the molecule is O=[N+]([O-])c1cc(C2CCN2)cc(C(F)(F)F)c1. The van der Waals surface area contributed by atoms with Crippen LogP contribution >= 0.6 is 0 Å². The first-order chi connectivity index (χ1) is 7.88. The third-order valence-electron chi connectivity index (χ3n) is 2.70. The van der Waals surface area contributed by atoms with Gasteiger partial charge in [-0.15, -0.1) is 0 Å². The quantitative estimate of drug-likeness (QED) is 0.644. The summed E-state index contributed by atoms with van der Waals surface area (Å²) < 4.78 is 37.7. The Hall–Kier alpha value is -1.63. The Bertz CT molecular complexity index is 455. The van der Waals surface area contributed by atoms with Gasteiger partial charge >= 0.3 is 6.18 Å². The minimum atomic E-state index is -4.56. The molecule has 0 radical (unpaired) electrons. The lowest BCUT2D eigenvalue weighted by atomic mass is 9.95. The molecule has 17 heavy (non-hydrogen) atoms. The van der Waals surface area contributed by atoms with Crippen LogP contribution in [-0.4, -0.2) is 11.5 Å². The fourth-order valence-corrected chi connectivity index (χ4v) is 1.68. The first kappa shape index (κ1) is 11.8. The van der Waals surface area contributed by atoms with Crippen LogP contribution in [0, 0.1) is 10.1 Å². The second-order valence-corrected chi connectivity index (χ2v) is 3.86. The number of halogens is 3. The van der Waals surface area contributed by atoms with Gasteiger partial charge in [0.05, 0.1) is 10.5 Å². The molecule has 0 aromatic heterocycles. The fourth-order valence-electron chi connectivity index (χ4n) is 1.68. The minimum absolute atomic E-state index is 0.212. The van der Waals surface area contributed by atoms with Crippen molar-refractivity contribution in [2.24, 2.45) is 0 Å². The van der Waals surface area contributed by atoms with E-state index in [1.807, 2.05) is 0 Å². The molecule has 1 unspecified atom stereocenters. The van der Waals surface area contributed by atoms with E-state index in [1.165, 1.54) is 6.07 Å². The third kappa shape index (κ3) is 2.38. The van der Waals surface area contributed by atoms with Crippen molar-refractivity contribution in [2.75, 3.05) is 6.54 Å². The van der Waals surface area contributed by atoms with Crippen LogP contribution in [-0.2, 0) is 6.18 Å². The van der Waals surface area contributed by atoms with Gasteiger partial charge in [0.25, 0.3) is 5.69 Å². The highest BCUT2D eigenvalue weighted by Crippen LogP contribution is 2.35. The molecule has 1 fully saturated rings. The molecule has 0 bridgehead atoms. The van der Waals surface area contributed by atoms with E-state index in [-0.39, 0.29) is 6.04 Å². The van der Waals surface area contributed by atoms with Crippen molar-refractivity contribution in [1.82, 2.24) is 5.32 Å². The van der Waals surface area contributed by atoms with Crippen LogP contribution in [0.1, 0.15) is 23.6 Å². The zero-order valence-corrected chi connectivity index (χ0v) is 8.62. The maximum Gasteiger partial charge on any atom is 0.416 e. The van der Waals surface area contributed by atoms with Gasteiger partial charge in [0.1, 0.15) is 0 Å². The fraction of sp³-hybridized carbons (Fsp3) is 0.400. The summed E-state index contributed by atoms with van der Waals surface area (Å²) in [5.74, 6) is 0. The first-order valence-electron chi connectivity index (χ1n) is 4.98. The number of hydrogen-bond acceptors (Lipinski definition) is 3. The Labute approximate surface area is 94.6 Å². The monoisotopic (exact) mass is 246 g/mol. The number of hydrogen-bond donors (Lipinski definition) is 1. The van der Waals surface area contributed by atoms with Crippen LogP contribution in [0.4, 0.5) is 18.9 Å². The van der Waals surface area contributed by atoms with Gasteiger partial charge in [-0.2, -0.15) is 13.2 Å². The number of nitrogens with zero attached hydrogens (tertiary/aromatic N) is 1. The average molecular weight is 246 g/mol. The molecule has 1 aliphatic heterocycles. The second kappa shape index (κ2) is 3.99. The molecule has 1 N–H and O–H groups in total. The standard InChI is InChI=1S/C10H9F3N2O2/c11-10(12,13)7-3-6(9-1-2-14-9)4-8(5-7)15(16)17/h3-5,9,14H,1-2H2. The van der Waals surface area contributed by atoms with Crippen LogP contribution < -0.4 is 5.32 Å². The van der Waals surface area contributed by atoms with Crippen LogP contribution in [0.3, 0.4) is 0 Å². The van der Waals surface area contributed by atoms with Crippen molar-refractivity contribution in [1.29, 1.82) is 0 Å². The molecule has 0 amide bonds. The number of nitro groups is 1. The summed E-state index contributed by atoms with van der Waals surface area (Å²) in [5.41, 5.74) is -1.18. The minimum Gasteiger partial charge on any atom is -0.310 e. The van der Waals surface area contributed by atoms with E-state index in [0.29, 0.717) is 24.6 Å². The molecule has 1 aromatic carbocycles. The van der Waals surface area contributed by atoms with E-state index in [1.54, 1.807) is 0 Å². The van der Waals surface area contributed by atoms with Crippen LogP contribution in [0.25, 0.3) is 0 Å². The number of rotatable bonds is 2. The van der Waals surface area contributed by atoms with Gasteiger partial charge in [-0.05, 0) is 24.6 Å². The van der Waals surface area contributed by atoms with Gasteiger partial charge in [-0.3, -0.25) is 10.1 Å². The van der Waals surface area contributed by atoms with Gasteiger partial charge in [0.2, 0.25) is 0 Å². The summed E-state index contributed by atoms with van der Waals surface area (Å²) in [4.78, 5) is 9.77. The summed E-state index contributed by atoms with van der Waals surface area (Å²) in [7, 11) is 0. The van der Waals surface area contributed by atoms with Gasteiger partial charge in [-0.1, -0.05) is 0 Å². The summed E-state index contributed by atoms with van der Waals surface area (Å²) in [6.45, 7) is 0.717. The molecular formula is C10H9F3N2O2. The lowest BCUT2D eigenvalue weighted by Crippen LogP contribution is -2.35. The summed E-state index contributed by atoms with van der Waals surface area (Å²) in [6.07, 6.45) is -3.87. The maximum absolute atomic E-state index is 12.6. The van der Waals surface area contributed by atoms with E-state index in [4.69, 9.17) is 0 Å². The molecule has 0 aliphatic carbocycles. The number of non-ortho nitro benzene ring substituents is 1. The highest BCUT2D eigenvalue weighted by Gasteiger charge is 2.34. The van der Waals surface area contributed by atoms with E-state index in [2.05, 4.69) is 5.32 Å². The lowest BCUT2D eigenvalue weighted by molar-refractivity contribution is -0.385. The topological polar surface area (TPSA) is 55.2 Å². The third-order valence-corrected chi connectivity index (χ3v) is 2.70. The summed E-state index contributed by atoms with van der Waals surface area (Å²) >= 11 is 0. The molecule has 1 heterocycles. The Kier molecular flexibility index (Phi) is 2.78. The molecule has 7 heteroatoms. The van der Waals surface area contributed by atoms with Crippen molar-refractivity contribution < 1.29 is 18.1 Å². The van der Waals surface area contributed by atoms with Crippen molar-refractivity contribution in [2.45, 2.75) is 18.6 Å². The predicted octanol–water partition coefficient (Wildman–Crippen LogP) is 2.65. The van der Waals surface area contributed by atoms with Crippen molar-refractivity contribution in [3.8, 4) is 0 Å². The zero-order chi connectivity index (χ0) is 12.6. The van der Waals surface area contributed by atoms with Gasteiger partial charge < -0.3 is 5.32 Å². The second-order valence-electron chi connectivity index (χ2n) is 3.86.